The highest BCUT2D eigenvalue weighted by Crippen LogP contribution is 2.12. The highest BCUT2D eigenvalue weighted by atomic mass is 16.5. The van der Waals surface area contributed by atoms with E-state index in [2.05, 4.69) is 12.1 Å². The number of aromatic nitrogens is 1. The van der Waals surface area contributed by atoms with Crippen molar-refractivity contribution in [3.63, 3.8) is 0 Å². The molecule has 1 heterocycles. The number of aryl methyl sites for hydroxylation is 1. The van der Waals surface area contributed by atoms with Gasteiger partial charge in [0.2, 0.25) is 5.88 Å². The van der Waals surface area contributed by atoms with Gasteiger partial charge in [-0.1, -0.05) is 63.4 Å². The molecule has 0 radical (unpaired) electrons. The van der Waals surface area contributed by atoms with Gasteiger partial charge < -0.3 is 10.3 Å². The molecule has 0 aliphatic rings. The van der Waals surface area contributed by atoms with Crippen molar-refractivity contribution in [1.82, 2.24) is 5.16 Å². The normalized spacial score (nSPS) is 10.9. The van der Waals surface area contributed by atoms with E-state index < -0.39 is 0 Å². The number of nitrogens with two attached hydrogens (primary N) is 1. The Labute approximate surface area is 105 Å². The average molecular weight is 238 g/mol. The van der Waals surface area contributed by atoms with Crippen molar-refractivity contribution in [2.24, 2.45) is 0 Å². The van der Waals surface area contributed by atoms with Crippen molar-refractivity contribution >= 4 is 5.88 Å². The minimum Gasteiger partial charge on any atom is -0.368 e. The van der Waals surface area contributed by atoms with Crippen molar-refractivity contribution < 1.29 is 4.52 Å². The van der Waals surface area contributed by atoms with Gasteiger partial charge in [0.15, 0.2) is 0 Å². The first-order valence-corrected chi connectivity index (χ1v) is 7.04. The summed E-state index contributed by atoms with van der Waals surface area (Å²) in [6.07, 6.45) is 13.2. The number of nitrogen functional groups attached to an aromatic ring is 1. The van der Waals surface area contributed by atoms with Gasteiger partial charge in [0.25, 0.3) is 0 Å². The second kappa shape index (κ2) is 9.08. The Morgan fingerprint density at radius 2 is 1.59 bits per heavy atom. The molecule has 0 aliphatic heterocycles. The van der Waals surface area contributed by atoms with Crippen molar-refractivity contribution in [3.8, 4) is 0 Å². The Hall–Kier alpha value is -0.990. The maximum atomic E-state index is 5.46. The average Bonchev–Trinajstić information content (AvgIpc) is 2.73. The SMILES string of the molecule is CCCCCCCCCCCc1cc(N)on1. The number of hydrogen-bond donors (Lipinski definition) is 1. The molecule has 1 rings (SSSR count). The summed E-state index contributed by atoms with van der Waals surface area (Å²) in [7, 11) is 0. The lowest BCUT2D eigenvalue weighted by Crippen LogP contribution is -1.86. The van der Waals surface area contributed by atoms with Crippen molar-refractivity contribution in [2.45, 2.75) is 71.1 Å². The van der Waals surface area contributed by atoms with Gasteiger partial charge in [-0.05, 0) is 12.8 Å². The molecular formula is C14H26N2O. The quantitative estimate of drug-likeness (QED) is 0.617. The monoisotopic (exact) mass is 238 g/mol. The van der Waals surface area contributed by atoms with Crippen molar-refractivity contribution in [2.75, 3.05) is 5.73 Å². The van der Waals surface area contributed by atoms with Gasteiger partial charge in [0, 0.05) is 6.07 Å². The Morgan fingerprint density at radius 1 is 1.00 bits per heavy atom. The molecule has 0 amide bonds. The predicted molar refractivity (Wildman–Crippen MR) is 71.8 cm³/mol. The lowest BCUT2D eigenvalue weighted by atomic mass is 10.1. The molecule has 0 spiro atoms. The molecule has 0 aromatic carbocycles. The summed E-state index contributed by atoms with van der Waals surface area (Å²) < 4.78 is 4.83. The molecule has 2 N–H and O–H groups in total. The van der Waals surface area contributed by atoms with Crippen LogP contribution in [0.25, 0.3) is 0 Å². The highest BCUT2D eigenvalue weighted by Gasteiger charge is 2.00. The number of hydrogen-bond acceptors (Lipinski definition) is 3. The maximum absolute atomic E-state index is 5.46. The van der Waals surface area contributed by atoms with E-state index in [-0.39, 0.29) is 0 Å². The molecule has 0 bridgehead atoms. The Balaban J connectivity index is 1.84. The fourth-order valence-electron chi connectivity index (χ4n) is 2.06. The minimum absolute atomic E-state index is 0.427. The third-order valence-corrected chi connectivity index (χ3v) is 3.11. The minimum atomic E-state index is 0.427. The van der Waals surface area contributed by atoms with Gasteiger partial charge in [-0.25, -0.2) is 0 Å². The molecule has 1 aromatic rings. The van der Waals surface area contributed by atoms with Gasteiger partial charge >= 0.3 is 0 Å². The van der Waals surface area contributed by atoms with E-state index in [1.54, 1.807) is 0 Å². The summed E-state index contributed by atoms with van der Waals surface area (Å²) in [5.74, 6) is 0.427. The van der Waals surface area contributed by atoms with Crippen LogP contribution in [-0.4, -0.2) is 5.16 Å². The summed E-state index contributed by atoms with van der Waals surface area (Å²) in [6.45, 7) is 2.26. The molecular weight excluding hydrogens is 212 g/mol. The summed E-state index contributed by atoms with van der Waals surface area (Å²) in [5.41, 5.74) is 6.45. The number of rotatable bonds is 10. The second-order valence-corrected chi connectivity index (χ2v) is 4.80. The van der Waals surface area contributed by atoms with Gasteiger partial charge in [0.1, 0.15) is 0 Å². The van der Waals surface area contributed by atoms with Crippen LogP contribution in [0, 0.1) is 0 Å². The Bertz CT molecular complexity index is 284. The first-order valence-electron chi connectivity index (χ1n) is 7.04. The second-order valence-electron chi connectivity index (χ2n) is 4.80. The summed E-state index contributed by atoms with van der Waals surface area (Å²) in [4.78, 5) is 0. The van der Waals surface area contributed by atoms with E-state index in [0.29, 0.717) is 5.88 Å². The molecule has 1 aromatic heterocycles. The van der Waals surface area contributed by atoms with Crippen LogP contribution in [0.3, 0.4) is 0 Å². The van der Waals surface area contributed by atoms with Crippen LogP contribution in [0.2, 0.25) is 0 Å². The Morgan fingerprint density at radius 3 is 2.12 bits per heavy atom. The topological polar surface area (TPSA) is 52.0 Å². The van der Waals surface area contributed by atoms with E-state index in [0.717, 1.165) is 12.1 Å². The molecule has 0 saturated carbocycles. The maximum Gasteiger partial charge on any atom is 0.222 e. The van der Waals surface area contributed by atoms with Gasteiger partial charge in [-0.2, -0.15) is 0 Å². The summed E-state index contributed by atoms with van der Waals surface area (Å²) >= 11 is 0. The van der Waals surface area contributed by atoms with Crippen molar-refractivity contribution in [1.29, 1.82) is 0 Å². The van der Waals surface area contributed by atoms with Gasteiger partial charge in [-0.3, -0.25) is 0 Å². The number of unbranched alkanes of at least 4 members (excludes halogenated alkanes) is 8. The van der Waals surface area contributed by atoms with Crippen LogP contribution in [0.1, 0.15) is 70.4 Å². The van der Waals surface area contributed by atoms with E-state index in [1.165, 1.54) is 57.8 Å². The standard InChI is InChI=1S/C14H26N2O/c1-2-3-4-5-6-7-8-9-10-11-13-12-14(15)17-16-13/h12H,2-11,15H2,1H3. The zero-order chi connectivity index (χ0) is 12.3. The van der Waals surface area contributed by atoms with E-state index >= 15 is 0 Å². The van der Waals surface area contributed by atoms with Crippen molar-refractivity contribution in [3.05, 3.63) is 11.8 Å². The lowest BCUT2D eigenvalue weighted by molar-refractivity contribution is 0.425. The first kappa shape index (κ1) is 14.1. The highest BCUT2D eigenvalue weighted by molar-refractivity contribution is 5.24. The molecule has 98 valence electrons. The van der Waals surface area contributed by atoms with Crippen LogP contribution in [0.5, 0.6) is 0 Å². The Kier molecular flexibility index (Phi) is 7.52. The zero-order valence-electron chi connectivity index (χ0n) is 11.1. The van der Waals surface area contributed by atoms with Crippen LogP contribution >= 0.6 is 0 Å². The largest absolute Gasteiger partial charge is 0.368 e. The lowest BCUT2D eigenvalue weighted by Gasteiger charge is -2.00. The third-order valence-electron chi connectivity index (χ3n) is 3.11. The van der Waals surface area contributed by atoms with Crippen LogP contribution in [0.15, 0.2) is 10.6 Å². The molecule has 0 fully saturated rings. The first-order chi connectivity index (χ1) is 8.33. The molecule has 17 heavy (non-hydrogen) atoms. The van der Waals surface area contributed by atoms with Crippen LogP contribution in [-0.2, 0) is 6.42 Å². The number of anilines is 1. The van der Waals surface area contributed by atoms with Gasteiger partial charge in [-0.15, -0.1) is 0 Å². The zero-order valence-corrected chi connectivity index (χ0v) is 11.1. The van der Waals surface area contributed by atoms with Gasteiger partial charge in [0.05, 0.1) is 5.69 Å². The summed E-state index contributed by atoms with van der Waals surface area (Å²) in [6, 6.07) is 1.82. The van der Waals surface area contributed by atoms with E-state index in [9.17, 15) is 0 Å². The fourth-order valence-corrected chi connectivity index (χ4v) is 2.06. The summed E-state index contributed by atoms with van der Waals surface area (Å²) in [5, 5.41) is 3.88. The molecule has 0 unspecified atom stereocenters. The van der Waals surface area contributed by atoms with E-state index in [1.807, 2.05) is 6.07 Å². The molecule has 0 atom stereocenters. The fraction of sp³-hybridized carbons (Fsp3) is 0.786. The molecule has 0 aliphatic carbocycles. The molecule has 0 saturated heterocycles. The predicted octanol–water partition coefficient (Wildman–Crippen LogP) is 4.33. The van der Waals surface area contributed by atoms with Crippen LogP contribution < -0.4 is 5.73 Å². The molecule has 3 nitrogen and oxygen atoms in total. The number of nitrogens with zero attached hydrogens (tertiary/aromatic N) is 1. The third kappa shape index (κ3) is 7.03. The van der Waals surface area contributed by atoms with E-state index in [4.69, 9.17) is 10.3 Å². The molecule has 3 heteroatoms. The van der Waals surface area contributed by atoms with Crippen LogP contribution in [0.4, 0.5) is 5.88 Å². The smallest absolute Gasteiger partial charge is 0.222 e.